The second-order valence-electron chi connectivity index (χ2n) is 8.43. The highest BCUT2D eigenvalue weighted by molar-refractivity contribution is 5.94. The lowest BCUT2D eigenvalue weighted by Crippen LogP contribution is -2.57. The Bertz CT molecular complexity index is 787. The molecule has 4 atom stereocenters. The molecule has 0 aliphatic rings. The molecule has 1 rings (SSSR count). The summed E-state index contributed by atoms with van der Waals surface area (Å²) in [6.07, 6.45) is 1.68. The molecule has 1 aromatic rings. The third-order valence-electron chi connectivity index (χ3n) is 5.25. The van der Waals surface area contributed by atoms with Gasteiger partial charge in [-0.2, -0.15) is 0 Å². The van der Waals surface area contributed by atoms with Gasteiger partial charge in [-0.05, 0) is 44.2 Å². The molecule has 8 N–H and O–H groups in total. The fraction of sp³-hybridized carbons (Fsp3) is 0.565. The van der Waals surface area contributed by atoms with Gasteiger partial charge in [0.05, 0.1) is 6.04 Å². The van der Waals surface area contributed by atoms with Crippen LogP contribution in [0.2, 0.25) is 0 Å². The molecule has 0 spiro atoms. The summed E-state index contributed by atoms with van der Waals surface area (Å²) in [5, 5.41) is 16.8. The topological polar surface area (TPSA) is 177 Å². The predicted molar refractivity (Wildman–Crippen MR) is 125 cm³/mol. The summed E-state index contributed by atoms with van der Waals surface area (Å²) in [4.78, 5) is 49.5. The van der Waals surface area contributed by atoms with Crippen molar-refractivity contribution in [2.45, 2.75) is 70.6 Å². The zero-order chi connectivity index (χ0) is 25.0. The summed E-state index contributed by atoms with van der Waals surface area (Å²) in [6, 6.07) is 5.29. The maximum absolute atomic E-state index is 13.2. The van der Waals surface area contributed by atoms with Crippen molar-refractivity contribution in [1.29, 1.82) is 0 Å². The fourth-order valence-electron chi connectivity index (χ4n) is 3.04. The Morgan fingerprint density at radius 1 is 0.879 bits per heavy atom. The van der Waals surface area contributed by atoms with Gasteiger partial charge in [0, 0.05) is 6.42 Å². The van der Waals surface area contributed by atoms with E-state index in [0.717, 1.165) is 5.56 Å². The van der Waals surface area contributed by atoms with Crippen LogP contribution in [0.4, 0.5) is 0 Å². The summed E-state index contributed by atoms with van der Waals surface area (Å²) < 4.78 is 0. The molecule has 0 saturated heterocycles. The van der Waals surface area contributed by atoms with Gasteiger partial charge in [-0.15, -0.1) is 0 Å². The van der Waals surface area contributed by atoms with Crippen LogP contribution in [0.5, 0.6) is 0 Å². The van der Waals surface area contributed by atoms with Crippen molar-refractivity contribution in [1.82, 2.24) is 16.0 Å². The van der Waals surface area contributed by atoms with E-state index in [4.69, 9.17) is 16.6 Å². The first-order valence-electron chi connectivity index (χ1n) is 11.2. The molecule has 3 amide bonds. The molecular weight excluding hydrogens is 426 g/mol. The first kappa shape index (κ1) is 28.1. The summed E-state index contributed by atoms with van der Waals surface area (Å²) in [5.74, 6) is -2.95. The lowest BCUT2D eigenvalue weighted by Gasteiger charge is -2.25. The van der Waals surface area contributed by atoms with Gasteiger partial charge in [0.25, 0.3) is 0 Å². The molecule has 10 nitrogen and oxygen atoms in total. The van der Waals surface area contributed by atoms with E-state index in [0.29, 0.717) is 19.4 Å². The first-order valence-corrected chi connectivity index (χ1v) is 11.2. The maximum Gasteiger partial charge on any atom is 0.325 e. The van der Waals surface area contributed by atoms with Crippen LogP contribution >= 0.6 is 0 Å². The number of rotatable bonds is 14. The third kappa shape index (κ3) is 10.0. The lowest BCUT2D eigenvalue weighted by atomic mass is 10.0. The summed E-state index contributed by atoms with van der Waals surface area (Å²) in [7, 11) is 0. The van der Waals surface area contributed by atoms with Crippen LogP contribution in [0.1, 0.15) is 45.6 Å². The van der Waals surface area contributed by atoms with Crippen molar-refractivity contribution < 1.29 is 24.3 Å². The van der Waals surface area contributed by atoms with Gasteiger partial charge < -0.3 is 32.5 Å². The minimum absolute atomic E-state index is 0.127. The molecule has 0 fully saturated rings. The molecular formula is C23H37N5O5. The Labute approximate surface area is 194 Å². The van der Waals surface area contributed by atoms with Crippen molar-refractivity contribution >= 4 is 23.7 Å². The van der Waals surface area contributed by atoms with E-state index in [-0.39, 0.29) is 18.8 Å². The molecule has 1 aromatic carbocycles. The van der Waals surface area contributed by atoms with E-state index in [2.05, 4.69) is 16.0 Å². The van der Waals surface area contributed by atoms with Crippen molar-refractivity contribution in [3.63, 3.8) is 0 Å². The molecule has 0 aromatic heterocycles. The number of unbranched alkanes of at least 4 members (excludes halogenated alkanes) is 1. The summed E-state index contributed by atoms with van der Waals surface area (Å²) >= 11 is 0. The van der Waals surface area contributed by atoms with E-state index in [1.54, 1.807) is 13.8 Å². The Kier molecular flexibility index (Phi) is 12.1. The number of carboxylic acid groups (broad SMARTS) is 1. The number of carbonyl (C=O) groups is 4. The Hall–Kier alpha value is -2.98. The first-order chi connectivity index (χ1) is 15.6. The lowest BCUT2D eigenvalue weighted by molar-refractivity contribution is -0.141. The SMILES string of the molecule is CC(NC(=O)C(CCCCN)NC(=O)C(Cc1ccccc1)NC(=O)C(N)C(C)C)C(=O)O. The molecule has 33 heavy (non-hydrogen) atoms. The second-order valence-corrected chi connectivity index (χ2v) is 8.43. The van der Waals surface area contributed by atoms with Crippen molar-refractivity contribution in [2.75, 3.05) is 6.54 Å². The number of nitrogens with two attached hydrogens (primary N) is 2. The highest BCUT2D eigenvalue weighted by Gasteiger charge is 2.29. The van der Waals surface area contributed by atoms with E-state index in [1.807, 2.05) is 30.3 Å². The van der Waals surface area contributed by atoms with Gasteiger partial charge in [0.1, 0.15) is 18.1 Å². The molecule has 0 heterocycles. The van der Waals surface area contributed by atoms with Crippen LogP contribution in [0, 0.1) is 5.92 Å². The Balaban J connectivity index is 3.04. The minimum Gasteiger partial charge on any atom is -0.480 e. The van der Waals surface area contributed by atoms with Gasteiger partial charge in [-0.25, -0.2) is 0 Å². The summed E-state index contributed by atoms with van der Waals surface area (Å²) in [6.45, 7) is 5.37. The maximum atomic E-state index is 13.2. The number of nitrogens with one attached hydrogen (secondary N) is 3. The van der Waals surface area contributed by atoms with Crippen molar-refractivity contribution in [3.8, 4) is 0 Å². The zero-order valence-electron chi connectivity index (χ0n) is 19.5. The van der Waals surface area contributed by atoms with Crippen LogP contribution < -0.4 is 27.4 Å². The number of aliphatic carboxylic acids is 1. The quantitative estimate of drug-likeness (QED) is 0.209. The fourth-order valence-corrected chi connectivity index (χ4v) is 3.04. The average Bonchev–Trinajstić information content (AvgIpc) is 2.77. The van der Waals surface area contributed by atoms with Crippen molar-refractivity contribution in [3.05, 3.63) is 35.9 Å². The standard InChI is InChI=1S/C23H37N5O5/c1-14(2)19(25)22(31)28-18(13-16-9-5-4-6-10-16)21(30)27-17(11-7-8-12-24)20(29)26-15(3)23(32)33/h4-6,9-10,14-15,17-19H,7-8,11-13,24-25H2,1-3H3,(H,26,29)(H,27,30)(H,28,31)(H,32,33). The molecule has 0 saturated carbocycles. The molecule has 0 radical (unpaired) electrons. The van der Waals surface area contributed by atoms with E-state index < -0.39 is 47.9 Å². The number of benzene rings is 1. The summed E-state index contributed by atoms with van der Waals surface area (Å²) in [5.41, 5.74) is 12.3. The molecule has 10 heteroatoms. The molecule has 184 valence electrons. The minimum atomic E-state index is -1.19. The van der Waals surface area contributed by atoms with E-state index in [9.17, 15) is 19.2 Å². The Morgan fingerprint density at radius 3 is 2.00 bits per heavy atom. The molecule has 0 aliphatic heterocycles. The number of carbonyl (C=O) groups excluding carboxylic acids is 3. The highest BCUT2D eigenvalue weighted by Crippen LogP contribution is 2.08. The highest BCUT2D eigenvalue weighted by atomic mass is 16.4. The van der Waals surface area contributed by atoms with Crippen LogP contribution in [0.15, 0.2) is 30.3 Å². The monoisotopic (exact) mass is 463 g/mol. The number of carboxylic acids is 1. The van der Waals surface area contributed by atoms with Gasteiger partial charge in [-0.3, -0.25) is 19.2 Å². The average molecular weight is 464 g/mol. The van der Waals surface area contributed by atoms with Crippen LogP contribution in [-0.2, 0) is 25.6 Å². The third-order valence-corrected chi connectivity index (χ3v) is 5.25. The van der Waals surface area contributed by atoms with Gasteiger partial charge in [-0.1, -0.05) is 44.2 Å². The van der Waals surface area contributed by atoms with Gasteiger partial charge >= 0.3 is 5.97 Å². The largest absolute Gasteiger partial charge is 0.480 e. The molecule has 0 bridgehead atoms. The van der Waals surface area contributed by atoms with E-state index in [1.165, 1.54) is 6.92 Å². The van der Waals surface area contributed by atoms with E-state index >= 15 is 0 Å². The van der Waals surface area contributed by atoms with Crippen LogP contribution in [-0.4, -0.2) is 59.5 Å². The molecule has 0 aliphatic carbocycles. The van der Waals surface area contributed by atoms with Crippen LogP contribution in [0.3, 0.4) is 0 Å². The normalized spacial score (nSPS) is 14.6. The van der Waals surface area contributed by atoms with Gasteiger partial charge in [0.15, 0.2) is 0 Å². The second kappa shape index (κ2) is 14.2. The smallest absolute Gasteiger partial charge is 0.325 e. The number of hydrogen-bond donors (Lipinski definition) is 6. The number of amides is 3. The van der Waals surface area contributed by atoms with Crippen molar-refractivity contribution in [2.24, 2.45) is 17.4 Å². The molecule has 4 unspecified atom stereocenters. The Morgan fingerprint density at radius 2 is 1.45 bits per heavy atom. The van der Waals surface area contributed by atoms with Gasteiger partial charge in [0.2, 0.25) is 17.7 Å². The zero-order valence-corrected chi connectivity index (χ0v) is 19.5. The predicted octanol–water partition coefficient (Wildman–Crippen LogP) is -0.0997. The number of hydrogen-bond acceptors (Lipinski definition) is 6. The van der Waals surface area contributed by atoms with Crippen LogP contribution in [0.25, 0.3) is 0 Å².